The Hall–Kier alpha value is -3.18. The zero-order valence-corrected chi connectivity index (χ0v) is 16.4. The second-order valence-corrected chi connectivity index (χ2v) is 7.50. The number of rotatable bonds is 7. The predicted octanol–water partition coefficient (Wildman–Crippen LogP) is 4.09. The van der Waals surface area contributed by atoms with Crippen LogP contribution < -0.4 is 10.6 Å². The van der Waals surface area contributed by atoms with Gasteiger partial charge in [0.15, 0.2) is 0 Å². The highest BCUT2D eigenvalue weighted by Gasteiger charge is 2.21. The van der Waals surface area contributed by atoms with Crippen LogP contribution in [0.2, 0.25) is 0 Å². The number of nitrogens with zero attached hydrogens (tertiary/aromatic N) is 1. The standard InChI is InChI=1S/C24H25N3O2/c1-16-14-25-23(26-20-11-12-20)13-21(16)17-7-9-19(10-8-17)24(29)27-22(15-28)18-5-3-2-4-6-18/h2-10,13-14,20,22,28H,11-12,15H2,1H3,(H,25,26)(H,27,29)/t22-/m1/s1. The maximum absolute atomic E-state index is 12.6. The van der Waals surface area contributed by atoms with Crippen molar-refractivity contribution in [1.29, 1.82) is 0 Å². The molecule has 0 radical (unpaired) electrons. The van der Waals surface area contributed by atoms with Crippen molar-refractivity contribution in [2.45, 2.75) is 31.8 Å². The number of carbonyl (C=O) groups is 1. The van der Waals surface area contributed by atoms with E-state index in [1.54, 1.807) is 0 Å². The normalized spacial score (nSPS) is 14.3. The second-order valence-electron chi connectivity index (χ2n) is 7.50. The lowest BCUT2D eigenvalue weighted by Gasteiger charge is -2.17. The fourth-order valence-corrected chi connectivity index (χ4v) is 3.31. The first-order chi connectivity index (χ1) is 14.1. The Labute approximate surface area is 170 Å². The maximum atomic E-state index is 12.6. The zero-order valence-electron chi connectivity index (χ0n) is 16.4. The van der Waals surface area contributed by atoms with Crippen LogP contribution in [-0.2, 0) is 0 Å². The number of aliphatic hydroxyl groups excluding tert-OH is 1. The monoisotopic (exact) mass is 387 g/mol. The molecule has 5 heteroatoms. The number of aromatic nitrogens is 1. The molecule has 0 saturated heterocycles. The highest BCUT2D eigenvalue weighted by atomic mass is 16.3. The lowest BCUT2D eigenvalue weighted by atomic mass is 10.0. The summed E-state index contributed by atoms with van der Waals surface area (Å²) in [6.07, 6.45) is 4.28. The molecule has 5 nitrogen and oxygen atoms in total. The Bertz CT molecular complexity index is 983. The minimum atomic E-state index is -0.429. The van der Waals surface area contributed by atoms with Crippen LogP contribution >= 0.6 is 0 Å². The summed E-state index contributed by atoms with van der Waals surface area (Å²) >= 11 is 0. The summed E-state index contributed by atoms with van der Waals surface area (Å²) in [6, 6.07) is 19.2. The summed E-state index contributed by atoms with van der Waals surface area (Å²) in [5.74, 6) is 0.686. The Morgan fingerprint density at radius 1 is 1.14 bits per heavy atom. The lowest BCUT2D eigenvalue weighted by molar-refractivity contribution is 0.0916. The molecular formula is C24H25N3O2. The molecule has 1 aliphatic rings. The third-order valence-electron chi connectivity index (χ3n) is 5.18. The van der Waals surface area contributed by atoms with E-state index in [2.05, 4.69) is 21.7 Å². The number of anilines is 1. The molecule has 0 aliphatic heterocycles. The predicted molar refractivity (Wildman–Crippen MR) is 115 cm³/mol. The third kappa shape index (κ3) is 4.63. The van der Waals surface area contributed by atoms with E-state index in [0.717, 1.165) is 28.1 Å². The molecule has 0 bridgehead atoms. The number of aryl methyl sites for hydroxylation is 1. The third-order valence-corrected chi connectivity index (χ3v) is 5.18. The topological polar surface area (TPSA) is 74.2 Å². The Kier molecular flexibility index (Phi) is 5.58. The smallest absolute Gasteiger partial charge is 0.251 e. The molecule has 1 heterocycles. The van der Waals surface area contributed by atoms with Gasteiger partial charge in [0, 0.05) is 17.8 Å². The number of amides is 1. The molecule has 1 aromatic heterocycles. The molecule has 3 aromatic rings. The van der Waals surface area contributed by atoms with Crippen LogP contribution in [-0.4, -0.2) is 28.6 Å². The minimum Gasteiger partial charge on any atom is -0.394 e. The number of hydrogen-bond acceptors (Lipinski definition) is 4. The van der Waals surface area contributed by atoms with E-state index >= 15 is 0 Å². The molecule has 2 aromatic carbocycles. The van der Waals surface area contributed by atoms with Gasteiger partial charge in [-0.1, -0.05) is 42.5 Å². The summed E-state index contributed by atoms with van der Waals surface area (Å²) in [7, 11) is 0. The largest absolute Gasteiger partial charge is 0.394 e. The first-order valence-corrected chi connectivity index (χ1v) is 9.94. The molecule has 1 amide bonds. The Morgan fingerprint density at radius 2 is 1.86 bits per heavy atom. The van der Waals surface area contributed by atoms with Gasteiger partial charge in [0.25, 0.3) is 5.91 Å². The van der Waals surface area contributed by atoms with Crippen molar-refractivity contribution in [2.24, 2.45) is 0 Å². The van der Waals surface area contributed by atoms with Crippen molar-refractivity contribution < 1.29 is 9.90 Å². The quantitative estimate of drug-likeness (QED) is 0.571. The van der Waals surface area contributed by atoms with Crippen LogP contribution in [0.25, 0.3) is 11.1 Å². The van der Waals surface area contributed by atoms with Crippen molar-refractivity contribution in [1.82, 2.24) is 10.3 Å². The molecule has 1 fully saturated rings. The van der Waals surface area contributed by atoms with Gasteiger partial charge in [0.1, 0.15) is 5.82 Å². The fourth-order valence-electron chi connectivity index (χ4n) is 3.31. The van der Waals surface area contributed by atoms with Crippen molar-refractivity contribution in [2.75, 3.05) is 11.9 Å². The Balaban J connectivity index is 1.49. The van der Waals surface area contributed by atoms with Crippen LogP contribution in [0, 0.1) is 6.92 Å². The number of carbonyl (C=O) groups excluding carboxylic acids is 1. The number of nitrogens with one attached hydrogen (secondary N) is 2. The highest BCUT2D eigenvalue weighted by Crippen LogP contribution is 2.29. The van der Waals surface area contributed by atoms with E-state index in [1.165, 1.54) is 12.8 Å². The molecule has 29 heavy (non-hydrogen) atoms. The van der Waals surface area contributed by atoms with E-state index < -0.39 is 6.04 Å². The molecule has 4 rings (SSSR count). The van der Waals surface area contributed by atoms with Crippen LogP contribution in [0.5, 0.6) is 0 Å². The molecule has 3 N–H and O–H groups in total. The van der Waals surface area contributed by atoms with Gasteiger partial charge in [-0.3, -0.25) is 4.79 Å². The minimum absolute atomic E-state index is 0.152. The number of pyridine rings is 1. The van der Waals surface area contributed by atoms with Gasteiger partial charge in [-0.25, -0.2) is 4.98 Å². The van der Waals surface area contributed by atoms with E-state index in [9.17, 15) is 9.90 Å². The van der Waals surface area contributed by atoms with Gasteiger partial charge < -0.3 is 15.7 Å². The van der Waals surface area contributed by atoms with E-state index in [1.807, 2.05) is 67.7 Å². The van der Waals surface area contributed by atoms with Crippen LogP contribution in [0.1, 0.15) is 40.4 Å². The number of aliphatic hydroxyl groups is 1. The maximum Gasteiger partial charge on any atom is 0.251 e. The summed E-state index contributed by atoms with van der Waals surface area (Å²) < 4.78 is 0. The van der Waals surface area contributed by atoms with Gasteiger partial charge >= 0.3 is 0 Å². The average molecular weight is 387 g/mol. The molecule has 1 atom stereocenters. The summed E-state index contributed by atoms with van der Waals surface area (Å²) in [6.45, 7) is 1.89. The zero-order chi connectivity index (χ0) is 20.2. The lowest BCUT2D eigenvalue weighted by Crippen LogP contribution is -2.30. The summed E-state index contributed by atoms with van der Waals surface area (Å²) in [5, 5.41) is 16.0. The molecule has 1 saturated carbocycles. The molecule has 0 spiro atoms. The highest BCUT2D eigenvalue weighted by molar-refractivity contribution is 5.95. The van der Waals surface area contributed by atoms with Crippen molar-refractivity contribution in [3.63, 3.8) is 0 Å². The fraction of sp³-hybridized carbons (Fsp3) is 0.250. The molecule has 1 aliphatic carbocycles. The van der Waals surface area contributed by atoms with E-state index in [-0.39, 0.29) is 12.5 Å². The van der Waals surface area contributed by atoms with Crippen LogP contribution in [0.4, 0.5) is 5.82 Å². The number of benzene rings is 2. The first kappa shape index (κ1) is 19.2. The molecule has 148 valence electrons. The van der Waals surface area contributed by atoms with Gasteiger partial charge in [-0.05, 0) is 60.2 Å². The first-order valence-electron chi connectivity index (χ1n) is 9.94. The van der Waals surface area contributed by atoms with Gasteiger partial charge in [-0.15, -0.1) is 0 Å². The second kappa shape index (κ2) is 8.45. The van der Waals surface area contributed by atoms with Crippen LogP contribution in [0.15, 0.2) is 66.9 Å². The van der Waals surface area contributed by atoms with Crippen LogP contribution in [0.3, 0.4) is 0 Å². The van der Waals surface area contributed by atoms with E-state index in [4.69, 9.17) is 0 Å². The van der Waals surface area contributed by atoms with Gasteiger partial charge in [-0.2, -0.15) is 0 Å². The molecule has 0 unspecified atom stereocenters. The van der Waals surface area contributed by atoms with Crippen molar-refractivity contribution >= 4 is 11.7 Å². The Morgan fingerprint density at radius 3 is 2.52 bits per heavy atom. The summed E-state index contributed by atoms with van der Waals surface area (Å²) in [5.41, 5.74) is 4.68. The van der Waals surface area contributed by atoms with Crippen molar-refractivity contribution in [3.05, 3.63) is 83.6 Å². The van der Waals surface area contributed by atoms with E-state index in [0.29, 0.717) is 11.6 Å². The average Bonchev–Trinajstić information content (AvgIpc) is 3.58. The van der Waals surface area contributed by atoms with Crippen molar-refractivity contribution in [3.8, 4) is 11.1 Å². The molecular weight excluding hydrogens is 362 g/mol. The van der Waals surface area contributed by atoms with Gasteiger partial charge in [0.2, 0.25) is 0 Å². The van der Waals surface area contributed by atoms with Gasteiger partial charge in [0.05, 0.1) is 12.6 Å². The SMILES string of the molecule is Cc1cnc(NC2CC2)cc1-c1ccc(C(=O)N[C@H](CO)c2ccccc2)cc1. The summed E-state index contributed by atoms with van der Waals surface area (Å²) in [4.78, 5) is 17.1. The number of hydrogen-bond donors (Lipinski definition) is 3.